The van der Waals surface area contributed by atoms with E-state index in [4.69, 9.17) is 43.9 Å². The van der Waals surface area contributed by atoms with E-state index >= 15 is 52.7 Å². The first-order valence-corrected chi connectivity index (χ1v) is 26.8. The van der Waals surface area contributed by atoms with E-state index in [1.807, 2.05) is 0 Å². The van der Waals surface area contributed by atoms with Crippen molar-refractivity contribution in [2.45, 2.75) is 49.1 Å². The lowest BCUT2D eigenvalue weighted by Gasteiger charge is -2.23. The fourth-order valence-electron chi connectivity index (χ4n) is 10.7. The van der Waals surface area contributed by atoms with E-state index in [2.05, 4.69) is 9.97 Å². The van der Waals surface area contributed by atoms with Crippen LogP contribution in [-0.4, -0.2) is 64.8 Å². The second-order valence-electron chi connectivity index (χ2n) is 20.3. The maximum atomic E-state index is 15.2. The lowest BCUT2D eigenvalue weighted by Crippen LogP contribution is -2.32. The average Bonchev–Trinajstić information content (AvgIpc) is 1.62. The van der Waals surface area contributed by atoms with Gasteiger partial charge in [0.25, 0.3) is 0 Å². The molecule has 2 aliphatic rings. The van der Waals surface area contributed by atoms with Crippen LogP contribution in [0.5, 0.6) is 23.0 Å². The van der Waals surface area contributed by atoms with Crippen LogP contribution >= 0.6 is 0 Å². The molecule has 0 fully saturated rings. The van der Waals surface area contributed by atoms with Gasteiger partial charge in [-0.1, -0.05) is 168 Å². The van der Waals surface area contributed by atoms with Gasteiger partial charge in [-0.3, -0.25) is 0 Å². The molecule has 0 saturated carbocycles. The summed E-state index contributed by atoms with van der Waals surface area (Å²) >= 11 is 0. The Morgan fingerprint density at radius 2 is 0.663 bits per heavy atom. The number of benzene rings is 8. The van der Waals surface area contributed by atoms with Gasteiger partial charge in [0, 0.05) is 38.6 Å². The van der Waals surface area contributed by atoms with Gasteiger partial charge >= 0.3 is 36.4 Å². The van der Waals surface area contributed by atoms with E-state index in [1.165, 1.54) is 188 Å². The SMILES string of the molecule is O[n+]1c2nc3[nH]c(nc4nc(nc5[nH]c(nc1-c1c(OC(c6ccccc6)C(F)(F)F)cccc1-2)c1cccc(OC(c2ccccc2)C(F)(F)F)c51)-c1cccc(OC(c2ccccc2)C(F)(F)F)c1-4)c1cccc(OC(c2ccccc2)C(F)(F)F)c31. The van der Waals surface area contributed by atoms with E-state index in [1.54, 1.807) is 0 Å². The third-order valence-corrected chi connectivity index (χ3v) is 14.6. The summed E-state index contributed by atoms with van der Waals surface area (Å²) in [5, 5.41) is 12.1. The van der Waals surface area contributed by atoms with Crippen molar-refractivity contribution in [1.82, 2.24) is 34.9 Å². The monoisotopic (exact) mass is 1230 g/mol. The summed E-state index contributed by atoms with van der Waals surface area (Å²) in [4.78, 5) is 29.8. The summed E-state index contributed by atoms with van der Waals surface area (Å²) in [5.41, 5.74) is -3.47. The lowest BCUT2D eigenvalue weighted by molar-refractivity contribution is -0.888. The molecule has 0 spiro atoms. The molecule has 0 aliphatic carbocycles. The Morgan fingerprint density at radius 3 is 1.09 bits per heavy atom. The molecule has 13 rings (SSSR count). The number of hydrogen-bond acceptors (Lipinski definition) is 10. The number of nitrogens with one attached hydrogen (secondary N) is 2. The highest BCUT2D eigenvalue weighted by Gasteiger charge is 2.48. The third kappa shape index (κ3) is 10.8. The number of rotatable bonds is 12. The second kappa shape index (κ2) is 21.9. The first-order valence-electron chi connectivity index (χ1n) is 26.8. The van der Waals surface area contributed by atoms with Crippen LogP contribution in [0.3, 0.4) is 0 Å². The molecule has 0 radical (unpaired) electrons. The molecule has 3 aromatic heterocycles. The van der Waals surface area contributed by atoms with Crippen molar-refractivity contribution in [2.24, 2.45) is 0 Å². The standard InChI is InChI=1S/C64H38F12N8O5/c65-61(66,67)49(33-17-5-1-6-18-33)86-41-29-13-25-37-45(41)56-77-53(37)78-57-46-39(27-15-30-42(46)87-50(62(68,69)70)34-19-7-2-8-20-34)55(81-57)82-60-48-40(28-16-32-44(48)89-52(64(74,75)76)36-23-11-4-12-24-36)59(84(60)85)83-58-47-38(54(79-56)80-58)26-14-31-43(47)88-51(63(71,72)73)35-21-9-3-10-22-35/h1-32,49-52,85H,(H,77,78,79,80,81,82,83)/p+1. The molecular weight excluding hydrogens is 1190 g/mol. The molecule has 3 N–H and O–H groups in total. The lowest BCUT2D eigenvalue weighted by atomic mass is 10.1. The maximum absolute atomic E-state index is 15.2. The van der Waals surface area contributed by atoms with Crippen LogP contribution in [0.1, 0.15) is 46.7 Å². The summed E-state index contributed by atoms with van der Waals surface area (Å²) in [5.74, 6) is -3.89. The number of ether oxygens (including phenoxy) is 4. The van der Waals surface area contributed by atoms with Crippen LogP contribution in [0.25, 0.3) is 89.7 Å². The minimum Gasteiger partial charge on any atom is -0.475 e. The van der Waals surface area contributed by atoms with Crippen LogP contribution in [0.2, 0.25) is 0 Å². The molecule has 4 atom stereocenters. The van der Waals surface area contributed by atoms with E-state index in [0.29, 0.717) is 4.73 Å². The number of aromatic amines is 2. The quantitative estimate of drug-likeness (QED) is 0.0611. The zero-order valence-corrected chi connectivity index (χ0v) is 45.1. The number of nitrogens with zero attached hydrogens (tertiary/aromatic N) is 6. The number of aromatic nitrogens is 8. The van der Waals surface area contributed by atoms with Gasteiger partial charge in [0.1, 0.15) is 39.9 Å². The largest absolute Gasteiger partial charge is 0.475 e. The van der Waals surface area contributed by atoms with Gasteiger partial charge in [-0.05, 0) is 41.1 Å². The van der Waals surface area contributed by atoms with Gasteiger partial charge in [-0.15, -0.1) is 0 Å². The zero-order chi connectivity index (χ0) is 62.1. The summed E-state index contributed by atoms with van der Waals surface area (Å²) in [7, 11) is 0. The van der Waals surface area contributed by atoms with E-state index in [9.17, 15) is 5.21 Å². The van der Waals surface area contributed by atoms with Crippen LogP contribution in [-0.2, 0) is 0 Å². The molecule has 0 saturated heterocycles. The third-order valence-electron chi connectivity index (χ3n) is 14.6. The van der Waals surface area contributed by atoms with Crippen molar-refractivity contribution in [2.75, 3.05) is 0 Å². The van der Waals surface area contributed by atoms with Crippen molar-refractivity contribution in [1.29, 1.82) is 0 Å². The summed E-state index contributed by atoms with van der Waals surface area (Å²) in [6.07, 6.45) is -30.8. The smallest absolute Gasteiger partial charge is 0.429 e. The van der Waals surface area contributed by atoms with Crippen molar-refractivity contribution in [3.8, 4) is 68.5 Å². The molecule has 11 aromatic rings. The average molecular weight is 1230 g/mol. The van der Waals surface area contributed by atoms with Crippen LogP contribution < -0.4 is 23.7 Å². The molecule has 89 heavy (non-hydrogen) atoms. The topological polar surface area (TPSA) is 157 Å². The summed E-state index contributed by atoms with van der Waals surface area (Å²) in [6, 6.07) is 41.9. The van der Waals surface area contributed by atoms with Crippen LogP contribution in [0.15, 0.2) is 194 Å². The zero-order valence-electron chi connectivity index (χ0n) is 45.1. The minimum absolute atomic E-state index is 0.0591. The van der Waals surface area contributed by atoms with Crippen LogP contribution in [0, 0.1) is 0 Å². The van der Waals surface area contributed by atoms with Gasteiger partial charge in [0.2, 0.25) is 35.7 Å². The van der Waals surface area contributed by atoms with Crippen LogP contribution in [0.4, 0.5) is 52.7 Å². The molecule has 13 nitrogen and oxygen atoms in total. The van der Waals surface area contributed by atoms with E-state index < -0.39 is 95.2 Å². The van der Waals surface area contributed by atoms with Crippen molar-refractivity contribution < 1.29 is 81.6 Å². The molecular formula is C64H39F12N8O5+. The minimum atomic E-state index is -5.08. The Hall–Kier alpha value is -10.7. The molecule has 448 valence electrons. The molecule has 0 amide bonds. The molecule has 8 aromatic carbocycles. The first-order chi connectivity index (χ1) is 42.6. The Labute approximate surface area is 493 Å². The molecule has 5 heterocycles. The predicted octanol–water partition coefficient (Wildman–Crippen LogP) is 16.7. The van der Waals surface area contributed by atoms with Crippen molar-refractivity contribution in [3.63, 3.8) is 0 Å². The Balaban J connectivity index is 1.15. The highest BCUT2D eigenvalue weighted by Crippen LogP contribution is 2.49. The molecule has 2 aliphatic heterocycles. The number of H-pyrrole nitrogens is 2. The van der Waals surface area contributed by atoms with Gasteiger partial charge < -0.3 is 34.1 Å². The van der Waals surface area contributed by atoms with E-state index in [-0.39, 0.29) is 88.8 Å². The van der Waals surface area contributed by atoms with Gasteiger partial charge in [0.05, 0.1) is 21.9 Å². The Morgan fingerprint density at radius 1 is 0.326 bits per heavy atom. The van der Waals surface area contributed by atoms with Crippen molar-refractivity contribution in [3.05, 3.63) is 216 Å². The highest BCUT2D eigenvalue weighted by atomic mass is 19.4. The fraction of sp³-hybridized carbons (Fsp3) is 0.125. The van der Waals surface area contributed by atoms with E-state index in [0.717, 1.165) is 6.07 Å². The number of hydrogen-bond donors (Lipinski definition) is 3. The van der Waals surface area contributed by atoms with Crippen molar-refractivity contribution >= 4 is 44.1 Å². The highest BCUT2D eigenvalue weighted by molar-refractivity contribution is 6.10. The normalized spacial score (nSPS) is 13.9. The number of alkyl halides is 12. The number of fused-ring (bicyclic) bond motifs is 20. The number of halogens is 12. The Kier molecular flexibility index (Phi) is 14.1. The predicted molar refractivity (Wildman–Crippen MR) is 299 cm³/mol. The molecule has 8 bridgehead atoms. The molecule has 25 heteroatoms. The fourth-order valence-corrected chi connectivity index (χ4v) is 10.7. The molecule has 4 unspecified atom stereocenters. The van der Waals surface area contributed by atoms with Gasteiger partial charge in [-0.2, -0.15) is 52.7 Å². The summed E-state index contributed by atoms with van der Waals surface area (Å²) in [6.45, 7) is 0. The summed E-state index contributed by atoms with van der Waals surface area (Å²) < 4.78 is 207. The van der Waals surface area contributed by atoms with Gasteiger partial charge in [0.15, 0.2) is 11.6 Å². The Bertz CT molecular complexity index is 4680. The first kappa shape index (κ1) is 57.4. The maximum Gasteiger partial charge on any atom is 0.429 e. The second-order valence-corrected chi connectivity index (χ2v) is 20.3. The van der Waals surface area contributed by atoms with Gasteiger partial charge in [-0.25, -0.2) is 15.0 Å².